The van der Waals surface area contributed by atoms with E-state index in [1.807, 2.05) is 24.8 Å². The van der Waals surface area contributed by atoms with Crippen LogP contribution in [0.2, 0.25) is 0 Å². The van der Waals surface area contributed by atoms with Crippen LogP contribution in [0, 0.1) is 6.92 Å². The van der Waals surface area contributed by atoms with Gasteiger partial charge < -0.3 is 9.84 Å². The standard InChI is InChI=1S/C12H19NO2S/c1-10-11(9-14)13-6-5-12(10)16-8-4-3-7-15-2/h5-6,14H,3-4,7-9H2,1-2H3. The Hall–Kier alpha value is -0.580. The Labute approximate surface area is 101 Å². The van der Waals surface area contributed by atoms with Crippen LogP contribution < -0.4 is 0 Å². The predicted octanol–water partition coefficient (Wildman–Crippen LogP) is 2.40. The minimum atomic E-state index is 0.0178. The third-order valence-electron chi connectivity index (χ3n) is 2.41. The van der Waals surface area contributed by atoms with E-state index in [1.165, 1.54) is 4.90 Å². The Morgan fingerprint density at radius 2 is 2.25 bits per heavy atom. The lowest BCUT2D eigenvalue weighted by Gasteiger charge is -2.08. The highest BCUT2D eigenvalue weighted by Crippen LogP contribution is 2.24. The van der Waals surface area contributed by atoms with Crippen LogP contribution in [0.25, 0.3) is 0 Å². The second kappa shape index (κ2) is 7.65. The molecule has 0 saturated carbocycles. The first kappa shape index (κ1) is 13.5. The number of hydrogen-bond donors (Lipinski definition) is 1. The maximum absolute atomic E-state index is 9.10. The van der Waals surface area contributed by atoms with Crippen molar-refractivity contribution in [2.75, 3.05) is 19.5 Å². The van der Waals surface area contributed by atoms with Gasteiger partial charge in [-0.05, 0) is 37.1 Å². The number of thioether (sulfide) groups is 1. The summed E-state index contributed by atoms with van der Waals surface area (Å²) in [5, 5.41) is 9.10. The normalized spacial score (nSPS) is 10.7. The summed E-state index contributed by atoms with van der Waals surface area (Å²) in [6.07, 6.45) is 4.01. The number of pyridine rings is 1. The molecule has 0 aromatic carbocycles. The summed E-state index contributed by atoms with van der Waals surface area (Å²) in [5.74, 6) is 1.08. The molecule has 4 heteroatoms. The summed E-state index contributed by atoms with van der Waals surface area (Å²) in [4.78, 5) is 5.35. The molecular weight excluding hydrogens is 222 g/mol. The van der Waals surface area contributed by atoms with Gasteiger partial charge in [0.05, 0.1) is 12.3 Å². The summed E-state index contributed by atoms with van der Waals surface area (Å²) in [6.45, 7) is 2.86. The Kier molecular flexibility index (Phi) is 6.45. The fourth-order valence-corrected chi connectivity index (χ4v) is 2.47. The first-order valence-corrected chi connectivity index (χ1v) is 6.45. The van der Waals surface area contributed by atoms with E-state index < -0.39 is 0 Å². The molecule has 0 radical (unpaired) electrons. The summed E-state index contributed by atoms with van der Waals surface area (Å²) in [6, 6.07) is 2.01. The van der Waals surface area contributed by atoms with Gasteiger partial charge in [0.2, 0.25) is 0 Å². The van der Waals surface area contributed by atoms with E-state index in [9.17, 15) is 0 Å². The van der Waals surface area contributed by atoms with Gasteiger partial charge in [-0.15, -0.1) is 11.8 Å². The Balaban J connectivity index is 2.41. The maximum atomic E-state index is 9.10. The van der Waals surface area contributed by atoms with E-state index in [0.29, 0.717) is 0 Å². The molecule has 1 rings (SSSR count). The molecule has 0 saturated heterocycles. The number of aliphatic hydroxyl groups excluding tert-OH is 1. The van der Waals surface area contributed by atoms with Crippen molar-refractivity contribution < 1.29 is 9.84 Å². The van der Waals surface area contributed by atoms with Crippen molar-refractivity contribution in [1.82, 2.24) is 4.98 Å². The van der Waals surface area contributed by atoms with Gasteiger partial charge in [-0.1, -0.05) is 0 Å². The summed E-state index contributed by atoms with van der Waals surface area (Å²) in [7, 11) is 1.73. The molecule has 0 amide bonds. The Bertz CT molecular complexity index is 318. The van der Waals surface area contributed by atoms with Gasteiger partial charge in [0.15, 0.2) is 0 Å². The minimum Gasteiger partial charge on any atom is -0.390 e. The molecule has 0 aliphatic carbocycles. The lowest BCUT2D eigenvalue weighted by molar-refractivity contribution is 0.194. The van der Waals surface area contributed by atoms with E-state index in [0.717, 1.165) is 36.5 Å². The van der Waals surface area contributed by atoms with Gasteiger partial charge in [0.1, 0.15) is 0 Å². The third-order valence-corrected chi connectivity index (χ3v) is 3.65. The van der Waals surface area contributed by atoms with Gasteiger partial charge in [-0.25, -0.2) is 0 Å². The van der Waals surface area contributed by atoms with Gasteiger partial charge in [0, 0.05) is 24.8 Å². The number of aliphatic hydroxyl groups is 1. The lowest BCUT2D eigenvalue weighted by Crippen LogP contribution is -1.96. The average molecular weight is 241 g/mol. The van der Waals surface area contributed by atoms with Crippen LogP contribution in [0.15, 0.2) is 17.2 Å². The lowest BCUT2D eigenvalue weighted by atomic mass is 10.2. The topological polar surface area (TPSA) is 42.4 Å². The highest BCUT2D eigenvalue weighted by molar-refractivity contribution is 7.99. The summed E-state index contributed by atoms with van der Waals surface area (Å²) >= 11 is 1.82. The van der Waals surface area contributed by atoms with Gasteiger partial charge in [0.25, 0.3) is 0 Å². The fraction of sp³-hybridized carbons (Fsp3) is 0.583. The van der Waals surface area contributed by atoms with Crippen molar-refractivity contribution in [2.45, 2.75) is 31.3 Å². The second-order valence-corrected chi connectivity index (χ2v) is 4.72. The number of methoxy groups -OCH3 is 1. The third kappa shape index (κ3) is 4.12. The molecule has 3 nitrogen and oxygen atoms in total. The van der Waals surface area contributed by atoms with Crippen molar-refractivity contribution in [1.29, 1.82) is 0 Å². The number of hydrogen-bond acceptors (Lipinski definition) is 4. The highest BCUT2D eigenvalue weighted by atomic mass is 32.2. The molecule has 1 N–H and O–H groups in total. The molecule has 1 aromatic heterocycles. The molecule has 1 aromatic rings. The Morgan fingerprint density at radius 3 is 2.94 bits per heavy atom. The summed E-state index contributed by atoms with van der Waals surface area (Å²) in [5.41, 5.74) is 1.88. The zero-order valence-electron chi connectivity index (χ0n) is 9.90. The zero-order valence-corrected chi connectivity index (χ0v) is 10.7. The molecule has 0 fully saturated rings. The van der Waals surface area contributed by atoms with E-state index in [4.69, 9.17) is 9.84 Å². The minimum absolute atomic E-state index is 0.0178. The van der Waals surface area contributed by atoms with Crippen molar-refractivity contribution in [3.05, 3.63) is 23.5 Å². The average Bonchev–Trinajstić information content (AvgIpc) is 2.31. The molecule has 0 spiro atoms. The summed E-state index contributed by atoms with van der Waals surface area (Å²) < 4.78 is 5.00. The molecule has 0 atom stereocenters. The maximum Gasteiger partial charge on any atom is 0.0856 e. The van der Waals surface area contributed by atoms with E-state index in [2.05, 4.69) is 4.98 Å². The number of rotatable bonds is 7. The number of ether oxygens (including phenoxy) is 1. The van der Waals surface area contributed by atoms with Crippen LogP contribution >= 0.6 is 11.8 Å². The number of aromatic nitrogens is 1. The molecule has 0 unspecified atom stereocenters. The van der Waals surface area contributed by atoms with Crippen LogP contribution in [0.4, 0.5) is 0 Å². The molecule has 90 valence electrons. The van der Waals surface area contributed by atoms with Crippen molar-refractivity contribution >= 4 is 11.8 Å². The van der Waals surface area contributed by atoms with Gasteiger partial charge >= 0.3 is 0 Å². The molecule has 1 heterocycles. The van der Waals surface area contributed by atoms with E-state index in [-0.39, 0.29) is 6.61 Å². The highest BCUT2D eigenvalue weighted by Gasteiger charge is 2.04. The SMILES string of the molecule is COCCCCSc1ccnc(CO)c1C. The van der Waals surface area contributed by atoms with Crippen LogP contribution in [-0.4, -0.2) is 29.6 Å². The van der Waals surface area contributed by atoms with Crippen molar-refractivity contribution in [3.63, 3.8) is 0 Å². The smallest absolute Gasteiger partial charge is 0.0856 e. The monoisotopic (exact) mass is 241 g/mol. The van der Waals surface area contributed by atoms with Crippen LogP contribution in [0.3, 0.4) is 0 Å². The first-order valence-electron chi connectivity index (χ1n) is 5.46. The molecule has 0 aliphatic heterocycles. The van der Waals surface area contributed by atoms with Crippen molar-refractivity contribution in [2.24, 2.45) is 0 Å². The molecule has 0 aliphatic rings. The van der Waals surface area contributed by atoms with Crippen LogP contribution in [0.1, 0.15) is 24.1 Å². The van der Waals surface area contributed by atoms with E-state index >= 15 is 0 Å². The predicted molar refractivity (Wildman–Crippen MR) is 66.7 cm³/mol. The van der Waals surface area contributed by atoms with Gasteiger partial charge in [-0.2, -0.15) is 0 Å². The molecule has 0 bridgehead atoms. The van der Waals surface area contributed by atoms with E-state index in [1.54, 1.807) is 13.3 Å². The number of nitrogens with zero attached hydrogens (tertiary/aromatic N) is 1. The molecular formula is C12H19NO2S. The van der Waals surface area contributed by atoms with Gasteiger partial charge in [-0.3, -0.25) is 4.98 Å². The quantitative estimate of drug-likeness (QED) is 0.588. The fourth-order valence-electron chi connectivity index (χ4n) is 1.41. The second-order valence-electron chi connectivity index (χ2n) is 3.59. The van der Waals surface area contributed by atoms with Crippen LogP contribution in [0.5, 0.6) is 0 Å². The zero-order chi connectivity index (χ0) is 11.8. The first-order chi connectivity index (χ1) is 7.79. The molecule has 16 heavy (non-hydrogen) atoms. The van der Waals surface area contributed by atoms with Crippen molar-refractivity contribution in [3.8, 4) is 0 Å². The largest absolute Gasteiger partial charge is 0.390 e. The van der Waals surface area contributed by atoms with Crippen LogP contribution in [-0.2, 0) is 11.3 Å². The Morgan fingerprint density at radius 1 is 1.44 bits per heavy atom. The number of unbranched alkanes of at least 4 members (excludes halogenated alkanes) is 1.